The Morgan fingerprint density at radius 1 is 1.00 bits per heavy atom. The van der Waals surface area contributed by atoms with Crippen molar-refractivity contribution in [3.05, 3.63) is 77.1 Å². The van der Waals surface area contributed by atoms with E-state index in [2.05, 4.69) is 39.8 Å². The van der Waals surface area contributed by atoms with Crippen molar-refractivity contribution in [2.45, 2.75) is 86.1 Å². The van der Waals surface area contributed by atoms with Gasteiger partial charge in [-0.05, 0) is 73.6 Å². The number of H-pyrrole nitrogens is 1. The standard InChI is InChI=1S/C28H32F3N5O2S/c29-28(30,31)19-7-11-22(12-8-19)39(37,38)36-21-13-18(14-27(36)23-16-33-35-26(23)15-21)17-5-9-20(10-6-17)34-25-4-2-1-3-24(25)32/h5-12,16,18,21,24-25,27,34H,1-4,13-15,32H2,(H,33,35). The molecule has 208 valence electrons. The monoisotopic (exact) mass is 559 g/mol. The molecule has 5 atom stereocenters. The van der Waals surface area contributed by atoms with Gasteiger partial charge < -0.3 is 11.1 Å². The van der Waals surface area contributed by atoms with Crippen LogP contribution in [0.25, 0.3) is 0 Å². The van der Waals surface area contributed by atoms with E-state index < -0.39 is 27.8 Å². The summed E-state index contributed by atoms with van der Waals surface area (Å²) in [6.45, 7) is 0. The molecule has 0 spiro atoms. The number of halogens is 3. The number of nitrogens with one attached hydrogen (secondary N) is 2. The molecule has 3 heterocycles. The molecular formula is C28H32F3N5O2S. The molecule has 39 heavy (non-hydrogen) atoms. The van der Waals surface area contributed by atoms with Gasteiger partial charge in [0.1, 0.15) is 0 Å². The number of hydrogen-bond acceptors (Lipinski definition) is 5. The van der Waals surface area contributed by atoms with Crippen molar-refractivity contribution in [3.63, 3.8) is 0 Å². The van der Waals surface area contributed by atoms with Crippen LogP contribution in [-0.4, -0.2) is 41.0 Å². The molecule has 7 nitrogen and oxygen atoms in total. The van der Waals surface area contributed by atoms with E-state index in [9.17, 15) is 21.6 Å². The first-order chi connectivity index (χ1) is 18.6. The molecule has 6 rings (SSSR count). The molecule has 1 saturated carbocycles. The van der Waals surface area contributed by atoms with Gasteiger partial charge in [-0.2, -0.15) is 22.6 Å². The summed E-state index contributed by atoms with van der Waals surface area (Å²) in [6.07, 6.45) is 3.22. The molecule has 11 heteroatoms. The van der Waals surface area contributed by atoms with Crippen molar-refractivity contribution in [3.8, 4) is 0 Å². The molecule has 2 bridgehead atoms. The molecule has 0 radical (unpaired) electrons. The molecule has 2 aliphatic heterocycles. The van der Waals surface area contributed by atoms with Crippen LogP contribution in [0, 0.1) is 0 Å². The number of alkyl halides is 3. The Kier molecular flexibility index (Phi) is 6.71. The number of sulfonamides is 1. The largest absolute Gasteiger partial charge is 0.416 e. The zero-order chi connectivity index (χ0) is 27.4. The minimum atomic E-state index is -4.53. The Hall–Kier alpha value is -2.89. The first kappa shape index (κ1) is 26.3. The number of aromatic nitrogens is 2. The van der Waals surface area contributed by atoms with Gasteiger partial charge >= 0.3 is 6.18 Å². The summed E-state index contributed by atoms with van der Waals surface area (Å²) < 4.78 is 68.3. The molecule has 2 fully saturated rings. The van der Waals surface area contributed by atoms with Crippen molar-refractivity contribution < 1.29 is 21.6 Å². The lowest BCUT2D eigenvalue weighted by Gasteiger charge is -2.47. The maximum Gasteiger partial charge on any atom is 0.416 e. The third kappa shape index (κ3) is 4.96. The third-order valence-electron chi connectivity index (χ3n) is 8.59. The number of nitrogens with zero attached hydrogens (tertiary/aromatic N) is 2. The minimum Gasteiger partial charge on any atom is -0.381 e. The fourth-order valence-corrected chi connectivity index (χ4v) is 8.39. The maximum atomic E-state index is 13.8. The topological polar surface area (TPSA) is 104 Å². The fraction of sp³-hybridized carbons (Fsp3) is 0.464. The highest BCUT2D eigenvalue weighted by Gasteiger charge is 2.48. The Morgan fingerprint density at radius 2 is 1.72 bits per heavy atom. The predicted molar refractivity (Wildman–Crippen MR) is 142 cm³/mol. The molecule has 1 saturated heterocycles. The summed E-state index contributed by atoms with van der Waals surface area (Å²) in [5.74, 6) is 0.132. The SMILES string of the molecule is NC1CCCCC1Nc1ccc(C2CC3Cc4[nH]ncc4C(C2)N3S(=O)(=O)c2ccc(C(F)(F)F)cc2)cc1. The number of nitrogens with two attached hydrogens (primary N) is 1. The van der Waals surface area contributed by atoms with Crippen molar-refractivity contribution in [1.29, 1.82) is 0 Å². The van der Waals surface area contributed by atoms with Crippen LogP contribution in [0.2, 0.25) is 0 Å². The second-order valence-corrected chi connectivity index (χ2v) is 12.9. The van der Waals surface area contributed by atoms with Crippen LogP contribution in [0.15, 0.2) is 59.6 Å². The van der Waals surface area contributed by atoms with Crippen LogP contribution in [0.3, 0.4) is 0 Å². The van der Waals surface area contributed by atoms with E-state index in [-0.39, 0.29) is 28.9 Å². The molecular weight excluding hydrogens is 527 g/mol. The summed E-state index contributed by atoms with van der Waals surface area (Å²) >= 11 is 0. The van der Waals surface area contributed by atoms with E-state index in [1.807, 2.05) is 0 Å². The van der Waals surface area contributed by atoms with Crippen LogP contribution in [0.5, 0.6) is 0 Å². The number of fused-ring (bicyclic) bond motifs is 4. The van der Waals surface area contributed by atoms with Crippen LogP contribution in [0.4, 0.5) is 18.9 Å². The van der Waals surface area contributed by atoms with Gasteiger partial charge in [0, 0.05) is 41.5 Å². The molecule has 3 aromatic rings. The van der Waals surface area contributed by atoms with Crippen molar-refractivity contribution in [1.82, 2.24) is 14.5 Å². The van der Waals surface area contributed by atoms with Gasteiger partial charge in [0.2, 0.25) is 10.0 Å². The average Bonchev–Trinajstić information content (AvgIpc) is 3.38. The molecule has 1 aliphatic carbocycles. The quantitative estimate of drug-likeness (QED) is 0.391. The molecule has 5 unspecified atom stereocenters. The van der Waals surface area contributed by atoms with E-state index in [1.54, 1.807) is 6.20 Å². The Balaban J connectivity index is 1.25. The van der Waals surface area contributed by atoms with Crippen molar-refractivity contribution in [2.24, 2.45) is 5.73 Å². The zero-order valence-corrected chi connectivity index (χ0v) is 22.2. The molecule has 0 amide bonds. The van der Waals surface area contributed by atoms with Gasteiger partial charge in [-0.3, -0.25) is 5.10 Å². The molecule has 3 aliphatic rings. The highest BCUT2D eigenvalue weighted by atomic mass is 32.2. The lowest BCUT2D eigenvalue weighted by molar-refractivity contribution is -0.137. The highest BCUT2D eigenvalue weighted by molar-refractivity contribution is 7.89. The Labute approximate surface area is 226 Å². The number of benzene rings is 2. The second-order valence-electron chi connectivity index (χ2n) is 11.0. The van der Waals surface area contributed by atoms with Gasteiger partial charge in [0.05, 0.1) is 22.7 Å². The summed E-state index contributed by atoms with van der Waals surface area (Å²) in [7, 11) is -4.04. The Bertz CT molecular complexity index is 1420. The summed E-state index contributed by atoms with van der Waals surface area (Å²) in [5.41, 5.74) is 9.35. The van der Waals surface area contributed by atoms with Crippen molar-refractivity contribution in [2.75, 3.05) is 5.32 Å². The third-order valence-corrected chi connectivity index (χ3v) is 10.6. The van der Waals surface area contributed by atoms with E-state index in [0.29, 0.717) is 19.3 Å². The molecule has 2 aromatic carbocycles. The van der Waals surface area contributed by atoms with Crippen LogP contribution < -0.4 is 11.1 Å². The van der Waals surface area contributed by atoms with E-state index in [4.69, 9.17) is 5.73 Å². The number of hydrogen-bond donors (Lipinski definition) is 3. The lowest BCUT2D eigenvalue weighted by atomic mass is 9.76. The second kappa shape index (κ2) is 9.94. The van der Waals surface area contributed by atoms with Gasteiger partial charge in [-0.25, -0.2) is 8.42 Å². The van der Waals surface area contributed by atoms with E-state index in [0.717, 1.165) is 59.6 Å². The first-order valence-electron chi connectivity index (χ1n) is 13.5. The van der Waals surface area contributed by atoms with Crippen LogP contribution >= 0.6 is 0 Å². The van der Waals surface area contributed by atoms with Gasteiger partial charge in [0.15, 0.2) is 0 Å². The van der Waals surface area contributed by atoms with Gasteiger partial charge in [-0.15, -0.1) is 0 Å². The number of piperidine rings is 1. The Morgan fingerprint density at radius 3 is 2.41 bits per heavy atom. The average molecular weight is 560 g/mol. The minimum absolute atomic E-state index is 0.132. The summed E-state index contributed by atoms with van der Waals surface area (Å²) in [5, 5.41) is 10.8. The number of anilines is 1. The van der Waals surface area contributed by atoms with Crippen LogP contribution in [-0.2, 0) is 22.6 Å². The smallest absolute Gasteiger partial charge is 0.381 e. The maximum absolute atomic E-state index is 13.8. The normalized spacial score (nSPS) is 27.6. The zero-order valence-electron chi connectivity index (χ0n) is 21.4. The predicted octanol–water partition coefficient (Wildman–Crippen LogP) is 5.34. The first-order valence-corrected chi connectivity index (χ1v) is 14.9. The fourth-order valence-electron chi connectivity index (χ4n) is 6.58. The highest BCUT2D eigenvalue weighted by Crippen LogP contribution is 2.49. The number of rotatable bonds is 5. The van der Waals surface area contributed by atoms with Gasteiger partial charge in [-0.1, -0.05) is 25.0 Å². The van der Waals surface area contributed by atoms with Crippen LogP contribution in [0.1, 0.15) is 72.9 Å². The summed E-state index contributed by atoms with van der Waals surface area (Å²) in [6, 6.07) is 11.7. The van der Waals surface area contributed by atoms with Gasteiger partial charge in [0.25, 0.3) is 0 Å². The number of aromatic amines is 1. The van der Waals surface area contributed by atoms with E-state index >= 15 is 0 Å². The van der Waals surface area contributed by atoms with Crippen molar-refractivity contribution >= 4 is 15.7 Å². The summed E-state index contributed by atoms with van der Waals surface area (Å²) in [4.78, 5) is -0.132. The molecule has 1 aromatic heterocycles. The van der Waals surface area contributed by atoms with E-state index in [1.165, 1.54) is 17.1 Å². The lowest BCUT2D eigenvalue weighted by Crippen LogP contribution is -2.51. The molecule has 4 N–H and O–H groups in total.